The molecular formula is C20H23ClN2O4. The van der Waals surface area contributed by atoms with Gasteiger partial charge in [0.25, 0.3) is 11.8 Å². The summed E-state index contributed by atoms with van der Waals surface area (Å²) in [5.74, 6) is -0.130. The molecule has 1 atom stereocenters. The summed E-state index contributed by atoms with van der Waals surface area (Å²) in [5, 5.41) is 6.08. The van der Waals surface area contributed by atoms with Crippen LogP contribution in [0.15, 0.2) is 48.5 Å². The average Bonchev–Trinajstić information content (AvgIpc) is 2.65. The molecule has 0 bridgehead atoms. The van der Waals surface area contributed by atoms with Gasteiger partial charge in [0.1, 0.15) is 5.75 Å². The third-order valence-corrected chi connectivity index (χ3v) is 3.95. The summed E-state index contributed by atoms with van der Waals surface area (Å²) >= 11 is 5.92. The van der Waals surface area contributed by atoms with Crippen LogP contribution < -0.4 is 15.4 Å². The molecule has 0 heterocycles. The first-order valence-electron chi connectivity index (χ1n) is 8.60. The number of nitrogens with one attached hydrogen (secondary N) is 2. The van der Waals surface area contributed by atoms with E-state index in [9.17, 15) is 9.59 Å². The first-order valence-corrected chi connectivity index (χ1v) is 8.98. The Labute approximate surface area is 163 Å². The van der Waals surface area contributed by atoms with Gasteiger partial charge < -0.3 is 20.1 Å². The number of hydrogen-bond donors (Lipinski definition) is 2. The number of hydrogen-bond acceptors (Lipinski definition) is 4. The predicted octanol–water partition coefficient (Wildman–Crippen LogP) is 3.51. The van der Waals surface area contributed by atoms with Gasteiger partial charge in [0.15, 0.2) is 6.10 Å². The number of carbonyl (C=O) groups is 2. The highest BCUT2D eigenvalue weighted by molar-refractivity contribution is 6.30. The van der Waals surface area contributed by atoms with Gasteiger partial charge in [0.05, 0.1) is 11.3 Å². The SMILES string of the molecule is COCCCNC(=O)c1ccccc1NC(=O)C(C)Oc1cccc(Cl)c1. The molecule has 27 heavy (non-hydrogen) atoms. The van der Waals surface area contributed by atoms with Crippen LogP contribution in [0.2, 0.25) is 5.02 Å². The topological polar surface area (TPSA) is 76.7 Å². The highest BCUT2D eigenvalue weighted by atomic mass is 35.5. The second-order valence-electron chi connectivity index (χ2n) is 5.85. The van der Waals surface area contributed by atoms with Crippen molar-refractivity contribution in [3.8, 4) is 5.75 Å². The molecule has 0 aliphatic carbocycles. The van der Waals surface area contributed by atoms with E-state index < -0.39 is 6.10 Å². The van der Waals surface area contributed by atoms with Crippen LogP contribution in [0.1, 0.15) is 23.7 Å². The van der Waals surface area contributed by atoms with Crippen molar-refractivity contribution in [3.05, 3.63) is 59.1 Å². The van der Waals surface area contributed by atoms with Gasteiger partial charge >= 0.3 is 0 Å². The molecule has 2 rings (SSSR count). The molecule has 2 amide bonds. The molecule has 0 aliphatic rings. The minimum atomic E-state index is -0.763. The van der Waals surface area contributed by atoms with Crippen LogP contribution in [0.4, 0.5) is 5.69 Å². The molecule has 0 radical (unpaired) electrons. The molecule has 0 spiro atoms. The van der Waals surface area contributed by atoms with Gasteiger partial charge in [-0.15, -0.1) is 0 Å². The summed E-state index contributed by atoms with van der Waals surface area (Å²) in [4.78, 5) is 24.8. The Morgan fingerprint density at radius 1 is 1.15 bits per heavy atom. The van der Waals surface area contributed by atoms with Crippen molar-refractivity contribution < 1.29 is 19.1 Å². The molecule has 2 aromatic rings. The third-order valence-electron chi connectivity index (χ3n) is 3.72. The Hall–Kier alpha value is -2.57. The van der Waals surface area contributed by atoms with Crippen molar-refractivity contribution in [2.75, 3.05) is 25.6 Å². The van der Waals surface area contributed by atoms with E-state index >= 15 is 0 Å². The molecule has 1 unspecified atom stereocenters. The van der Waals surface area contributed by atoms with E-state index in [1.54, 1.807) is 62.6 Å². The number of anilines is 1. The zero-order valence-electron chi connectivity index (χ0n) is 15.3. The van der Waals surface area contributed by atoms with Crippen molar-refractivity contribution in [2.45, 2.75) is 19.4 Å². The molecule has 0 saturated heterocycles. The van der Waals surface area contributed by atoms with Gasteiger partial charge in [-0.05, 0) is 43.7 Å². The van der Waals surface area contributed by atoms with E-state index in [0.29, 0.717) is 41.6 Å². The average molecular weight is 391 g/mol. The number of benzene rings is 2. The molecule has 7 heteroatoms. The zero-order chi connectivity index (χ0) is 19.6. The highest BCUT2D eigenvalue weighted by Crippen LogP contribution is 2.20. The van der Waals surface area contributed by atoms with Crippen molar-refractivity contribution in [1.29, 1.82) is 0 Å². The first kappa shape index (κ1) is 20.7. The summed E-state index contributed by atoms with van der Waals surface area (Å²) in [6.45, 7) is 2.68. The van der Waals surface area contributed by atoms with Crippen molar-refractivity contribution in [3.63, 3.8) is 0 Å². The number of halogens is 1. The van der Waals surface area contributed by atoms with E-state index in [2.05, 4.69) is 10.6 Å². The fourth-order valence-electron chi connectivity index (χ4n) is 2.34. The van der Waals surface area contributed by atoms with Crippen molar-refractivity contribution in [1.82, 2.24) is 5.32 Å². The molecule has 0 aliphatic heterocycles. The molecule has 2 aromatic carbocycles. The van der Waals surface area contributed by atoms with Gasteiger partial charge in [0, 0.05) is 25.3 Å². The van der Waals surface area contributed by atoms with Gasteiger partial charge in [-0.25, -0.2) is 0 Å². The molecule has 144 valence electrons. The fraction of sp³-hybridized carbons (Fsp3) is 0.300. The molecule has 0 aromatic heterocycles. The maximum Gasteiger partial charge on any atom is 0.265 e. The van der Waals surface area contributed by atoms with Crippen LogP contribution in [0, 0.1) is 0 Å². The summed E-state index contributed by atoms with van der Waals surface area (Å²) in [6, 6.07) is 13.6. The second kappa shape index (κ2) is 10.5. The first-order chi connectivity index (χ1) is 13.0. The standard InChI is InChI=1S/C20H23ClN2O4/c1-14(27-16-8-5-7-15(21)13-16)19(24)23-18-10-4-3-9-17(18)20(25)22-11-6-12-26-2/h3-5,7-10,13-14H,6,11-12H2,1-2H3,(H,22,25)(H,23,24). The van der Waals surface area contributed by atoms with Gasteiger partial charge in [-0.1, -0.05) is 29.8 Å². The summed E-state index contributed by atoms with van der Waals surface area (Å²) in [6.07, 6.45) is -0.0531. The molecule has 2 N–H and O–H groups in total. The summed E-state index contributed by atoms with van der Waals surface area (Å²) < 4.78 is 10.6. The van der Waals surface area contributed by atoms with Gasteiger partial charge in [-0.2, -0.15) is 0 Å². The van der Waals surface area contributed by atoms with Gasteiger partial charge in [-0.3, -0.25) is 9.59 Å². The zero-order valence-corrected chi connectivity index (χ0v) is 16.1. The number of para-hydroxylation sites is 1. The van der Waals surface area contributed by atoms with Crippen LogP contribution in [0.25, 0.3) is 0 Å². The van der Waals surface area contributed by atoms with Crippen LogP contribution in [0.5, 0.6) is 5.75 Å². The normalized spacial score (nSPS) is 11.5. The van der Waals surface area contributed by atoms with E-state index in [4.69, 9.17) is 21.1 Å². The van der Waals surface area contributed by atoms with Crippen molar-refractivity contribution in [2.24, 2.45) is 0 Å². The Morgan fingerprint density at radius 3 is 2.67 bits per heavy atom. The minimum Gasteiger partial charge on any atom is -0.481 e. The van der Waals surface area contributed by atoms with Crippen LogP contribution in [0.3, 0.4) is 0 Å². The molecular weight excluding hydrogens is 368 g/mol. The van der Waals surface area contributed by atoms with Crippen LogP contribution in [-0.2, 0) is 9.53 Å². The predicted molar refractivity (Wildman–Crippen MR) is 105 cm³/mol. The summed E-state index contributed by atoms with van der Waals surface area (Å²) in [7, 11) is 1.61. The third kappa shape index (κ3) is 6.58. The Balaban J connectivity index is 1.99. The lowest BCUT2D eigenvalue weighted by Crippen LogP contribution is -2.32. The van der Waals surface area contributed by atoms with Crippen LogP contribution in [-0.4, -0.2) is 38.2 Å². The van der Waals surface area contributed by atoms with Crippen molar-refractivity contribution >= 4 is 29.1 Å². The molecule has 6 nitrogen and oxygen atoms in total. The monoisotopic (exact) mass is 390 g/mol. The Morgan fingerprint density at radius 2 is 1.93 bits per heavy atom. The quantitative estimate of drug-likeness (QED) is 0.642. The number of ether oxygens (including phenoxy) is 2. The number of methoxy groups -OCH3 is 1. The van der Waals surface area contributed by atoms with E-state index in [1.165, 1.54) is 0 Å². The fourth-order valence-corrected chi connectivity index (χ4v) is 2.52. The highest BCUT2D eigenvalue weighted by Gasteiger charge is 2.18. The van der Waals surface area contributed by atoms with E-state index in [0.717, 1.165) is 0 Å². The van der Waals surface area contributed by atoms with E-state index in [1.807, 2.05) is 0 Å². The number of carbonyl (C=O) groups excluding carboxylic acids is 2. The maximum absolute atomic E-state index is 12.5. The largest absolute Gasteiger partial charge is 0.481 e. The van der Waals surface area contributed by atoms with E-state index in [-0.39, 0.29) is 11.8 Å². The van der Waals surface area contributed by atoms with Crippen LogP contribution >= 0.6 is 11.6 Å². The Kier molecular flexibility index (Phi) is 8.10. The molecule has 0 saturated carbocycles. The number of amides is 2. The summed E-state index contributed by atoms with van der Waals surface area (Å²) in [5.41, 5.74) is 0.812. The molecule has 0 fully saturated rings. The lowest BCUT2D eigenvalue weighted by molar-refractivity contribution is -0.122. The van der Waals surface area contributed by atoms with Gasteiger partial charge in [0.2, 0.25) is 0 Å². The Bertz CT molecular complexity index is 782. The minimum absolute atomic E-state index is 0.259. The maximum atomic E-state index is 12.5. The number of rotatable bonds is 9. The lowest BCUT2D eigenvalue weighted by atomic mass is 10.1. The smallest absolute Gasteiger partial charge is 0.265 e. The lowest BCUT2D eigenvalue weighted by Gasteiger charge is -2.16. The second-order valence-corrected chi connectivity index (χ2v) is 6.29.